The lowest BCUT2D eigenvalue weighted by atomic mass is 10.1. The van der Waals surface area contributed by atoms with Crippen LogP contribution in [0.5, 0.6) is 0 Å². The van der Waals surface area contributed by atoms with Gasteiger partial charge in [-0.2, -0.15) is 0 Å². The first-order chi connectivity index (χ1) is 8.97. The number of carbonyl (C=O) groups is 1. The van der Waals surface area contributed by atoms with Crippen molar-refractivity contribution in [2.24, 2.45) is 0 Å². The van der Waals surface area contributed by atoms with E-state index in [-0.39, 0.29) is 17.5 Å². The highest BCUT2D eigenvalue weighted by molar-refractivity contribution is 6.05. The van der Waals surface area contributed by atoms with Crippen molar-refractivity contribution in [1.29, 1.82) is 0 Å². The zero-order chi connectivity index (χ0) is 14.0. The molecule has 1 amide bonds. The van der Waals surface area contributed by atoms with E-state index in [1.165, 1.54) is 12.1 Å². The number of nitrogens with zero attached hydrogens (tertiary/aromatic N) is 1. The average molecular weight is 259 g/mol. The third-order valence-corrected chi connectivity index (χ3v) is 2.75. The van der Waals surface area contributed by atoms with E-state index in [1.807, 2.05) is 0 Å². The van der Waals surface area contributed by atoms with Crippen LogP contribution in [0.4, 0.5) is 15.9 Å². The van der Waals surface area contributed by atoms with Gasteiger partial charge in [-0.25, -0.2) is 9.37 Å². The highest BCUT2D eigenvalue weighted by Crippen LogP contribution is 2.18. The molecular formula is C14H14FN3O. The van der Waals surface area contributed by atoms with E-state index in [0.29, 0.717) is 22.5 Å². The van der Waals surface area contributed by atoms with Crippen LogP contribution < -0.4 is 11.1 Å². The van der Waals surface area contributed by atoms with Gasteiger partial charge >= 0.3 is 0 Å². The Morgan fingerprint density at radius 1 is 1.32 bits per heavy atom. The highest BCUT2D eigenvalue weighted by atomic mass is 19.1. The van der Waals surface area contributed by atoms with Crippen molar-refractivity contribution in [2.75, 3.05) is 11.1 Å². The molecule has 0 spiro atoms. The molecular weight excluding hydrogens is 245 g/mol. The molecule has 1 aromatic carbocycles. The molecule has 0 saturated carbocycles. The topological polar surface area (TPSA) is 68.0 Å². The molecule has 5 heteroatoms. The predicted molar refractivity (Wildman–Crippen MR) is 72.5 cm³/mol. The molecule has 2 rings (SSSR count). The minimum absolute atomic E-state index is 0.279. The summed E-state index contributed by atoms with van der Waals surface area (Å²) in [6.45, 7) is 3.36. The van der Waals surface area contributed by atoms with Crippen LogP contribution in [0, 0.1) is 19.7 Å². The second-order valence-corrected chi connectivity index (χ2v) is 4.29. The van der Waals surface area contributed by atoms with Crippen molar-refractivity contribution in [3.05, 3.63) is 53.0 Å². The molecule has 0 bridgehead atoms. The van der Waals surface area contributed by atoms with E-state index < -0.39 is 0 Å². The lowest BCUT2D eigenvalue weighted by Crippen LogP contribution is -2.14. The number of hydrogen-bond acceptors (Lipinski definition) is 3. The molecule has 19 heavy (non-hydrogen) atoms. The SMILES string of the molecule is Cc1cc(C(=O)Nc2cccc(F)c2C)cc(N)n1. The van der Waals surface area contributed by atoms with Crippen LogP contribution in [0.1, 0.15) is 21.6 Å². The normalized spacial score (nSPS) is 10.3. The first-order valence-electron chi connectivity index (χ1n) is 5.78. The summed E-state index contributed by atoms with van der Waals surface area (Å²) in [4.78, 5) is 16.1. The van der Waals surface area contributed by atoms with Gasteiger partial charge in [-0.15, -0.1) is 0 Å². The molecule has 0 aliphatic heterocycles. The van der Waals surface area contributed by atoms with E-state index in [0.717, 1.165) is 0 Å². The highest BCUT2D eigenvalue weighted by Gasteiger charge is 2.10. The Morgan fingerprint density at radius 2 is 2.05 bits per heavy atom. The Kier molecular flexibility index (Phi) is 3.46. The summed E-state index contributed by atoms with van der Waals surface area (Å²) in [7, 11) is 0. The monoisotopic (exact) mass is 259 g/mol. The molecule has 0 fully saturated rings. The van der Waals surface area contributed by atoms with E-state index in [4.69, 9.17) is 5.73 Å². The van der Waals surface area contributed by atoms with E-state index in [9.17, 15) is 9.18 Å². The quantitative estimate of drug-likeness (QED) is 0.871. The number of amides is 1. The molecule has 0 aliphatic rings. The van der Waals surface area contributed by atoms with E-state index >= 15 is 0 Å². The van der Waals surface area contributed by atoms with Gasteiger partial charge in [-0.1, -0.05) is 6.07 Å². The third-order valence-electron chi connectivity index (χ3n) is 2.75. The molecule has 4 nitrogen and oxygen atoms in total. The van der Waals surface area contributed by atoms with Crippen LogP contribution in [0.15, 0.2) is 30.3 Å². The number of benzene rings is 1. The zero-order valence-electron chi connectivity index (χ0n) is 10.7. The number of nitrogens with one attached hydrogen (secondary N) is 1. The number of nitrogen functional groups attached to an aromatic ring is 1. The third kappa shape index (κ3) is 2.88. The van der Waals surface area contributed by atoms with Gasteiger partial charge in [0.2, 0.25) is 0 Å². The average Bonchev–Trinajstić information content (AvgIpc) is 2.33. The summed E-state index contributed by atoms with van der Waals surface area (Å²) in [5, 5.41) is 2.66. The maximum absolute atomic E-state index is 13.4. The van der Waals surface area contributed by atoms with E-state index in [2.05, 4.69) is 10.3 Å². The van der Waals surface area contributed by atoms with Crippen LogP contribution in [0.3, 0.4) is 0 Å². The summed E-state index contributed by atoms with van der Waals surface area (Å²) >= 11 is 0. The van der Waals surface area contributed by atoms with Crippen molar-refractivity contribution < 1.29 is 9.18 Å². The zero-order valence-corrected chi connectivity index (χ0v) is 10.7. The van der Waals surface area contributed by atoms with Gasteiger partial charge in [-0.05, 0) is 38.1 Å². The fourth-order valence-corrected chi connectivity index (χ4v) is 1.76. The molecule has 1 aromatic heterocycles. The molecule has 0 aliphatic carbocycles. The van der Waals surface area contributed by atoms with Crippen molar-refractivity contribution >= 4 is 17.4 Å². The second kappa shape index (κ2) is 5.06. The number of aromatic nitrogens is 1. The number of carbonyl (C=O) groups excluding carboxylic acids is 1. The van der Waals surface area contributed by atoms with E-state index in [1.54, 1.807) is 32.0 Å². The Labute approximate surface area is 110 Å². The van der Waals surface area contributed by atoms with Crippen molar-refractivity contribution in [1.82, 2.24) is 4.98 Å². The molecule has 98 valence electrons. The Balaban J connectivity index is 2.28. The minimum Gasteiger partial charge on any atom is -0.384 e. The standard InChI is InChI=1S/C14H14FN3O/c1-8-6-10(7-13(16)17-8)14(19)18-12-5-3-4-11(15)9(12)2/h3-7H,1-2H3,(H2,16,17)(H,18,19). The fraction of sp³-hybridized carbons (Fsp3) is 0.143. The summed E-state index contributed by atoms with van der Waals surface area (Å²) in [5.74, 6) is -0.421. The second-order valence-electron chi connectivity index (χ2n) is 4.29. The van der Waals surface area contributed by atoms with Gasteiger partial charge in [0, 0.05) is 22.5 Å². The summed E-state index contributed by atoms with van der Waals surface area (Å²) in [6.07, 6.45) is 0. The van der Waals surface area contributed by atoms with Gasteiger partial charge < -0.3 is 11.1 Å². The van der Waals surface area contributed by atoms with Crippen molar-refractivity contribution in [3.8, 4) is 0 Å². The number of anilines is 2. The Hall–Kier alpha value is -2.43. The lowest BCUT2D eigenvalue weighted by molar-refractivity contribution is 0.102. The predicted octanol–water partition coefficient (Wildman–Crippen LogP) is 2.67. The van der Waals surface area contributed by atoms with Gasteiger partial charge in [0.05, 0.1) is 0 Å². The maximum atomic E-state index is 13.4. The molecule has 0 radical (unpaired) electrons. The van der Waals surface area contributed by atoms with Crippen LogP contribution in [0.25, 0.3) is 0 Å². The summed E-state index contributed by atoms with van der Waals surface area (Å²) in [6, 6.07) is 7.65. The fourth-order valence-electron chi connectivity index (χ4n) is 1.76. The van der Waals surface area contributed by atoms with Crippen molar-refractivity contribution in [3.63, 3.8) is 0 Å². The number of hydrogen-bond donors (Lipinski definition) is 2. The first kappa shape index (κ1) is 13.0. The number of halogens is 1. The van der Waals surface area contributed by atoms with Crippen LogP contribution in [-0.4, -0.2) is 10.9 Å². The first-order valence-corrected chi connectivity index (χ1v) is 5.78. The minimum atomic E-state index is -0.358. The Bertz CT molecular complexity index is 620. The van der Waals surface area contributed by atoms with Crippen LogP contribution >= 0.6 is 0 Å². The smallest absolute Gasteiger partial charge is 0.255 e. The molecule has 1 heterocycles. The molecule has 0 saturated heterocycles. The summed E-state index contributed by atoms with van der Waals surface area (Å²) < 4.78 is 13.4. The number of pyridine rings is 1. The number of nitrogens with two attached hydrogens (primary N) is 1. The largest absolute Gasteiger partial charge is 0.384 e. The van der Waals surface area contributed by atoms with Gasteiger partial charge in [-0.3, -0.25) is 4.79 Å². The van der Waals surface area contributed by atoms with Gasteiger partial charge in [0.15, 0.2) is 0 Å². The number of aryl methyl sites for hydroxylation is 1. The molecule has 3 N–H and O–H groups in total. The van der Waals surface area contributed by atoms with Crippen LogP contribution in [0.2, 0.25) is 0 Å². The lowest BCUT2D eigenvalue weighted by Gasteiger charge is -2.09. The van der Waals surface area contributed by atoms with Crippen LogP contribution in [-0.2, 0) is 0 Å². The summed E-state index contributed by atoms with van der Waals surface area (Å²) in [5.41, 5.74) is 7.48. The van der Waals surface area contributed by atoms with Gasteiger partial charge in [0.1, 0.15) is 11.6 Å². The molecule has 0 atom stereocenters. The number of rotatable bonds is 2. The maximum Gasteiger partial charge on any atom is 0.255 e. The molecule has 0 unspecified atom stereocenters. The molecule has 2 aromatic rings. The Morgan fingerprint density at radius 3 is 2.74 bits per heavy atom. The van der Waals surface area contributed by atoms with Crippen molar-refractivity contribution in [2.45, 2.75) is 13.8 Å². The van der Waals surface area contributed by atoms with Gasteiger partial charge in [0.25, 0.3) is 5.91 Å².